The van der Waals surface area contributed by atoms with Crippen LogP contribution in [0.3, 0.4) is 0 Å². The monoisotopic (exact) mass is 401 g/mol. The molecule has 4 nitrogen and oxygen atoms in total. The van der Waals surface area contributed by atoms with Crippen LogP contribution in [0.25, 0.3) is 0 Å². The van der Waals surface area contributed by atoms with E-state index < -0.39 is 0 Å². The number of nitrogens with zero attached hydrogens (tertiary/aromatic N) is 1. The minimum atomic E-state index is -0.213. The van der Waals surface area contributed by atoms with E-state index in [1.807, 2.05) is 13.0 Å². The molecule has 1 heterocycles. The Morgan fingerprint density at radius 2 is 2.15 bits per heavy atom. The Kier molecular flexibility index (Phi) is 5.19. The number of hydrogen-bond donors (Lipinski definition) is 2. The fraction of sp³-hybridized carbons (Fsp3) is 0.143. The minimum Gasteiger partial charge on any atom is -0.370 e. The van der Waals surface area contributed by atoms with Crippen molar-refractivity contribution in [1.82, 2.24) is 4.98 Å². The number of rotatable bonds is 4. The second-order valence-corrected chi connectivity index (χ2v) is 5.69. The molecule has 0 spiro atoms. The fourth-order valence-corrected chi connectivity index (χ4v) is 2.54. The Morgan fingerprint density at radius 3 is 2.85 bits per heavy atom. The zero-order valence-electron chi connectivity index (χ0n) is 10.8. The maximum Gasteiger partial charge on any atom is 0.255 e. The van der Waals surface area contributed by atoms with Crippen LogP contribution >= 0.6 is 34.2 Å². The van der Waals surface area contributed by atoms with Crippen molar-refractivity contribution in [2.45, 2.75) is 6.92 Å². The molecule has 2 N–H and O–H groups in total. The predicted octanol–water partition coefficient (Wildman–Crippen LogP) is 4.02. The van der Waals surface area contributed by atoms with Crippen molar-refractivity contribution < 1.29 is 4.79 Å². The first-order valence-electron chi connectivity index (χ1n) is 6.06. The normalized spacial score (nSPS) is 10.2. The summed E-state index contributed by atoms with van der Waals surface area (Å²) < 4.78 is 1.02. The highest BCUT2D eigenvalue weighted by atomic mass is 127. The molecule has 6 heteroatoms. The molecule has 2 aromatic rings. The molecule has 0 saturated carbocycles. The molecule has 0 unspecified atom stereocenters. The third-order valence-electron chi connectivity index (χ3n) is 2.56. The summed E-state index contributed by atoms with van der Waals surface area (Å²) in [4.78, 5) is 16.3. The summed E-state index contributed by atoms with van der Waals surface area (Å²) in [6, 6.07) is 8.84. The van der Waals surface area contributed by atoms with Crippen molar-refractivity contribution in [1.29, 1.82) is 0 Å². The number of anilines is 2. The molecule has 0 bridgehead atoms. The van der Waals surface area contributed by atoms with E-state index in [4.69, 9.17) is 11.6 Å². The van der Waals surface area contributed by atoms with E-state index in [2.05, 4.69) is 38.2 Å². The first-order chi connectivity index (χ1) is 9.60. The Morgan fingerprint density at radius 1 is 1.35 bits per heavy atom. The summed E-state index contributed by atoms with van der Waals surface area (Å²) >= 11 is 8.26. The van der Waals surface area contributed by atoms with Gasteiger partial charge in [-0.15, -0.1) is 0 Å². The first kappa shape index (κ1) is 15.1. The Hall–Kier alpha value is -1.34. The first-order valence-corrected chi connectivity index (χ1v) is 7.52. The van der Waals surface area contributed by atoms with Gasteiger partial charge in [0.1, 0.15) is 5.82 Å². The lowest BCUT2D eigenvalue weighted by atomic mass is 10.2. The van der Waals surface area contributed by atoms with Crippen molar-refractivity contribution in [2.24, 2.45) is 0 Å². The molecule has 0 aliphatic rings. The second-order valence-electron chi connectivity index (χ2n) is 4.04. The molecule has 0 aliphatic heterocycles. The number of amides is 1. The quantitative estimate of drug-likeness (QED) is 0.761. The van der Waals surface area contributed by atoms with E-state index in [1.54, 1.807) is 30.5 Å². The lowest BCUT2D eigenvalue weighted by Crippen LogP contribution is -2.13. The molecule has 0 saturated heterocycles. The Balaban J connectivity index is 2.17. The minimum absolute atomic E-state index is 0.213. The molecule has 2 rings (SSSR count). The third kappa shape index (κ3) is 3.83. The number of pyridine rings is 1. The maximum absolute atomic E-state index is 12.2. The summed E-state index contributed by atoms with van der Waals surface area (Å²) in [5.74, 6) is 0.462. The van der Waals surface area contributed by atoms with E-state index in [-0.39, 0.29) is 5.91 Å². The van der Waals surface area contributed by atoms with Crippen LogP contribution in [0.4, 0.5) is 11.5 Å². The number of aromatic nitrogens is 1. The van der Waals surface area contributed by atoms with Gasteiger partial charge in [0.2, 0.25) is 0 Å². The highest BCUT2D eigenvalue weighted by Gasteiger charge is 2.09. The van der Waals surface area contributed by atoms with Crippen LogP contribution < -0.4 is 10.6 Å². The van der Waals surface area contributed by atoms with Crippen molar-refractivity contribution >= 4 is 51.6 Å². The number of halogens is 2. The number of carbonyl (C=O) groups excluding carboxylic acids is 1. The maximum atomic E-state index is 12.2. The topological polar surface area (TPSA) is 54.0 Å². The summed E-state index contributed by atoms with van der Waals surface area (Å²) in [6.45, 7) is 2.72. The van der Waals surface area contributed by atoms with Gasteiger partial charge in [0.15, 0.2) is 0 Å². The summed E-state index contributed by atoms with van der Waals surface area (Å²) in [7, 11) is 0. The SMILES string of the molecule is CCNc1cc(C(=O)Nc2ccc(I)cc2Cl)ccn1. The zero-order chi connectivity index (χ0) is 14.5. The van der Waals surface area contributed by atoms with E-state index in [0.717, 1.165) is 10.1 Å². The Bertz CT molecular complexity index is 634. The highest BCUT2D eigenvalue weighted by molar-refractivity contribution is 14.1. The smallest absolute Gasteiger partial charge is 0.255 e. The van der Waals surface area contributed by atoms with E-state index in [9.17, 15) is 4.79 Å². The molecular weight excluding hydrogens is 389 g/mol. The van der Waals surface area contributed by atoms with Crippen molar-refractivity contribution in [3.05, 3.63) is 50.7 Å². The molecule has 1 aromatic carbocycles. The van der Waals surface area contributed by atoms with Crippen LogP contribution in [0, 0.1) is 3.57 Å². The molecule has 0 atom stereocenters. The van der Waals surface area contributed by atoms with Gasteiger partial charge in [-0.25, -0.2) is 4.98 Å². The third-order valence-corrected chi connectivity index (χ3v) is 3.54. The van der Waals surface area contributed by atoms with Crippen LogP contribution in [0.15, 0.2) is 36.5 Å². The lowest BCUT2D eigenvalue weighted by Gasteiger charge is -2.09. The number of benzene rings is 1. The van der Waals surface area contributed by atoms with Gasteiger partial charge in [0.05, 0.1) is 10.7 Å². The predicted molar refractivity (Wildman–Crippen MR) is 90.5 cm³/mol. The van der Waals surface area contributed by atoms with Gasteiger partial charge >= 0.3 is 0 Å². The molecule has 1 aromatic heterocycles. The van der Waals surface area contributed by atoms with Gasteiger partial charge < -0.3 is 10.6 Å². The standard InChI is InChI=1S/C14H13ClIN3O/c1-2-17-13-7-9(5-6-18-13)14(20)19-12-4-3-10(16)8-11(12)15/h3-8H,2H2,1H3,(H,17,18)(H,19,20). The Labute approximate surface area is 136 Å². The van der Waals surface area contributed by atoms with E-state index in [1.165, 1.54) is 0 Å². The van der Waals surface area contributed by atoms with Crippen LogP contribution in [0.1, 0.15) is 17.3 Å². The average Bonchev–Trinajstić information content (AvgIpc) is 2.42. The molecule has 20 heavy (non-hydrogen) atoms. The van der Waals surface area contributed by atoms with Crippen molar-refractivity contribution in [3.63, 3.8) is 0 Å². The van der Waals surface area contributed by atoms with E-state index in [0.29, 0.717) is 22.1 Å². The highest BCUT2D eigenvalue weighted by Crippen LogP contribution is 2.24. The lowest BCUT2D eigenvalue weighted by molar-refractivity contribution is 0.102. The van der Waals surface area contributed by atoms with Crippen LogP contribution in [-0.2, 0) is 0 Å². The molecule has 1 amide bonds. The van der Waals surface area contributed by atoms with Crippen LogP contribution in [-0.4, -0.2) is 17.4 Å². The number of carbonyl (C=O) groups is 1. The summed E-state index contributed by atoms with van der Waals surface area (Å²) in [6.07, 6.45) is 1.60. The molecule has 104 valence electrons. The van der Waals surface area contributed by atoms with Crippen LogP contribution in [0.2, 0.25) is 5.02 Å². The van der Waals surface area contributed by atoms with Gasteiger partial charge in [-0.1, -0.05) is 11.6 Å². The average molecular weight is 402 g/mol. The zero-order valence-corrected chi connectivity index (χ0v) is 13.7. The molecule has 0 radical (unpaired) electrons. The molecular formula is C14H13ClIN3O. The van der Waals surface area contributed by atoms with Gasteiger partial charge in [-0.2, -0.15) is 0 Å². The van der Waals surface area contributed by atoms with E-state index >= 15 is 0 Å². The van der Waals surface area contributed by atoms with Gasteiger partial charge in [-0.05, 0) is 59.8 Å². The van der Waals surface area contributed by atoms with Crippen molar-refractivity contribution in [2.75, 3.05) is 17.2 Å². The fourth-order valence-electron chi connectivity index (χ4n) is 1.63. The summed E-state index contributed by atoms with van der Waals surface area (Å²) in [5, 5.41) is 6.38. The molecule has 0 aliphatic carbocycles. The van der Waals surface area contributed by atoms with Crippen molar-refractivity contribution in [3.8, 4) is 0 Å². The van der Waals surface area contributed by atoms with Gasteiger partial charge in [0.25, 0.3) is 5.91 Å². The van der Waals surface area contributed by atoms with Crippen LogP contribution in [0.5, 0.6) is 0 Å². The largest absolute Gasteiger partial charge is 0.370 e. The number of nitrogens with one attached hydrogen (secondary N) is 2. The van der Waals surface area contributed by atoms with Gasteiger partial charge in [0, 0.05) is 21.9 Å². The summed E-state index contributed by atoms with van der Waals surface area (Å²) in [5.41, 5.74) is 1.13. The van der Waals surface area contributed by atoms with Gasteiger partial charge in [-0.3, -0.25) is 4.79 Å². The second kappa shape index (κ2) is 6.90. The molecule has 0 fully saturated rings. The number of hydrogen-bond acceptors (Lipinski definition) is 3.